The summed E-state index contributed by atoms with van der Waals surface area (Å²) in [7, 11) is 0. The molecule has 0 bridgehead atoms. The van der Waals surface area contributed by atoms with Crippen LogP contribution < -0.4 is 14.9 Å². The van der Waals surface area contributed by atoms with E-state index in [4.69, 9.17) is 18.6 Å². The summed E-state index contributed by atoms with van der Waals surface area (Å²) in [6, 6.07) is 4.96. The van der Waals surface area contributed by atoms with Gasteiger partial charge in [-0.05, 0) is 31.4 Å². The first-order valence-corrected chi connectivity index (χ1v) is 9.14. The van der Waals surface area contributed by atoms with Crippen molar-refractivity contribution in [2.24, 2.45) is 5.92 Å². The molecular formula is C20H23NO8. The second kappa shape index (κ2) is 10.3. The zero-order valence-corrected chi connectivity index (χ0v) is 16.5. The Morgan fingerprint density at radius 3 is 2.59 bits per heavy atom. The van der Waals surface area contributed by atoms with E-state index in [1.807, 2.05) is 13.8 Å². The van der Waals surface area contributed by atoms with Gasteiger partial charge in [0.15, 0.2) is 5.75 Å². The molecule has 0 atom stereocenters. The molecule has 156 valence electrons. The van der Waals surface area contributed by atoms with Crippen molar-refractivity contribution in [2.45, 2.75) is 33.8 Å². The Morgan fingerprint density at radius 2 is 1.97 bits per heavy atom. The summed E-state index contributed by atoms with van der Waals surface area (Å²) in [5.74, 6) is -0.0776. The van der Waals surface area contributed by atoms with E-state index in [0.29, 0.717) is 12.5 Å². The number of esters is 1. The zero-order valence-electron chi connectivity index (χ0n) is 16.5. The van der Waals surface area contributed by atoms with Crippen molar-refractivity contribution in [3.05, 3.63) is 62.2 Å². The molecule has 0 N–H and O–H groups in total. The van der Waals surface area contributed by atoms with Gasteiger partial charge in [-0.25, -0.2) is 4.79 Å². The van der Waals surface area contributed by atoms with Gasteiger partial charge in [0.05, 0.1) is 23.7 Å². The van der Waals surface area contributed by atoms with Gasteiger partial charge in [-0.3, -0.25) is 14.9 Å². The number of nitro benzene ring substituents is 1. The van der Waals surface area contributed by atoms with Crippen LogP contribution in [0.15, 0.2) is 39.7 Å². The lowest BCUT2D eigenvalue weighted by Gasteiger charge is -2.08. The molecule has 1 heterocycles. The molecule has 0 aliphatic carbocycles. The molecule has 0 unspecified atom stereocenters. The first-order chi connectivity index (χ1) is 13.8. The third-order valence-electron chi connectivity index (χ3n) is 3.84. The van der Waals surface area contributed by atoms with E-state index in [9.17, 15) is 19.7 Å². The minimum atomic E-state index is -0.795. The highest BCUT2D eigenvalue weighted by Crippen LogP contribution is 2.28. The number of rotatable bonds is 10. The summed E-state index contributed by atoms with van der Waals surface area (Å²) in [6.07, 6.45) is 1.97. The number of carbonyl (C=O) groups excluding carboxylic acids is 1. The number of carbonyl (C=O) groups is 1. The van der Waals surface area contributed by atoms with E-state index in [1.165, 1.54) is 24.5 Å². The highest BCUT2D eigenvalue weighted by atomic mass is 16.6. The molecular weight excluding hydrogens is 382 g/mol. The Balaban J connectivity index is 2.01. The van der Waals surface area contributed by atoms with Crippen LogP contribution in [0.1, 0.15) is 43.3 Å². The molecule has 0 amide bonds. The average molecular weight is 405 g/mol. The molecule has 1 aromatic heterocycles. The largest absolute Gasteiger partial charge is 0.487 e. The SMILES string of the molecule is CCOc1ccc(C(=O)OCc2cc(=O)c(OCCC(C)C)co2)cc1[N+](=O)[O-]. The number of hydrogen-bond acceptors (Lipinski definition) is 8. The zero-order chi connectivity index (χ0) is 21.4. The molecule has 29 heavy (non-hydrogen) atoms. The fourth-order valence-corrected chi connectivity index (χ4v) is 2.31. The average Bonchev–Trinajstić information content (AvgIpc) is 2.67. The van der Waals surface area contributed by atoms with Crippen molar-refractivity contribution in [3.8, 4) is 11.5 Å². The fourth-order valence-electron chi connectivity index (χ4n) is 2.31. The topological polar surface area (TPSA) is 118 Å². The Labute approximate surface area is 167 Å². The van der Waals surface area contributed by atoms with Crippen LogP contribution >= 0.6 is 0 Å². The van der Waals surface area contributed by atoms with Crippen molar-refractivity contribution < 1.29 is 28.3 Å². The molecule has 0 aliphatic heterocycles. The molecule has 9 nitrogen and oxygen atoms in total. The van der Waals surface area contributed by atoms with Crippen LogP contribution in [-0.2, 0) is 11.3 Å². The molecule has 0 saturated heterocycles. The van der Waals surface area contributed by atoms with Gasteiger partial charge in [-0.1, -0.05) is 13.8 Å². The summed E-state index contributed by atoms with van der Waals surface area (Å²) in [4.78, 5) is 34.7. The number of nitro groups is 1. The van der Waals surface area contributed by atoms with Gasteiger partial charge in [0.25, 0.3) is 0 Å². The van der Waals surface area contributed by atoms with Crippen LogP contribution in [0.25, 0.3) is 0 Å². The van der Waals surface area contributed by atoms with E-state index in [-0.39, 0.29) is 47.2 Å². The molecule has 0 radical (unpaired) electrons. The van der Waals surface area contributed by atoms with E-state index >= 15 is 0 Å². The second-order valence-corrected chi connectivity index (χ2v) is 6.55. The van der Waals surface area contributed by atoms with E-state index in [1.54, 1.807) is 6.92 Å². The summed E-state index contributed by atoms with van der Waals surface area (Å²) < 4.78 is 20.9. The van der Waals surface area contributed by atoms with Crippen molar-refractivity contribution in [3.63, 3.8) is 0 Å². The van der Waals surface area contributed by atoms with E-state index in [2.05, 4.69) is 0 Å². The number of nitrogens with zero attached hydrogens (tertiary/aromatic N) is 1. The fraction of sp³-hybridized carbons (Fsp3) is 0.400. The maximum Gasteiger partial charge on any atom is 0.338 e. The molecule has 2 rings (SSSR count). The minimum Gasteiger partial charge on any atom is -0.487 e. The summed E-state index contributed by atoms with van der Waals surface area (Å²) in [5.41, 5.74) is -0.741. The van der Waals surface area contributed by atoms with Crippen molar-refractivity contribution in [1.82, 2.24) is 0 Å². The maximum atomic E-state index is 12.2. The quantitative estimate of drug-likeness (QED) is 0.333. The predicted molar refractivity (Wildman–Crippen MR) is 103 cm³/mol. The monoisotopic (exact) mass is 405 g/mol. The van der Waals surface area contributed by atoms with Gasteiger partial charge >= 0.3 is 11.7 Å². The molecule has 0 fully saturated rings. The molecule has 2 aromatic rings. The second-order valence-electron chi connectivity index (χ2n) is 6.55. The van der Waals surface area contributed by atoms with Crippen LogP contribution in [0.2, 0.25) is 0 Å². The molecule has 1 aromatic carbocycles. The smallest absolute Gasteiger partial charge is 0.338 e. The summed E-state index contributed by atoms with van der Waals surface area (Å²) >= 11 is 0. The Morgan fingerprint density at radius 1 is 1.21 bits per heavy atom. The van der Waals surface area contributed by atoms with E-state index < -0.39 is 10.9 Å². The number of ether oxygens (including phenoxy) is 3. The first-order valence-electron chi connectivity index (χ1n) is 9.14. The summed E-state index contributed by atoms with van der Waals surface area (Å²) in [5, 5.41) is 11.1. The highest BCUT2D eigenvalue weighted by molar-refractivity contribution is 5.90. The molecule has 9 heteroatoms. The van der Waals surface area contributed by atoms with Crippen LogP contribution in [0, 0.1) is 16.0 Å². The van der Waals surface area contributed by atoms with Crippen molar-refractivity contribution in [2.75, 3.05) is 13.2 Å². The van der Waals surface area contributed by atoms with Gasteiger partial charge in [0, 0.05) is 12.1 Å². The van der Waals surface area contributed by atoms with Crippen molar-refractivity contribution in [1.29, 1.82) is 0 Å². The van der Waals surface area contributed by atoms with Gasteiger partial charge < -0.3 is 18.6 Å². The normalized spacial score (nSPS) is 10.6. The van der Waals surface area contributed by atoms with Gasteiger partial charge in [0.2, 0.25) is 11.2 Å². The molecule has 0 saturated carbocycles. The van der Waals surface area contributed by atoms with Crippen LogP contribution in [0.3, 0.4) is 0 Å². The van der Waals surface area contributed by atoms with Crippen molar-refractivity contribution >= 4 is 11.7 Å². The molecule has 0 spiro atoms. The van der Waals surface area contributed by atoms with Crippen LogP contribution in [-0.4, -0.2) is 24.1 Å². The highest BCUT2D eigenvalue weighted by Gasteiger charge is 2.19. The minimum absolute atomic E-state index is 0.0175. The first kappa shape index (κ1) is 21.9. The lowest BCUT2D eigenvalue weighted by atomic mass is 10.1. The number of benzene rings is 1. The lowest BCUT2D eigenvalue weighted by Crippen LogP contribution is -2.11. The Hall–Kier alpha value is -3.36. The molecule has 0 aliphatic rings. The third kappa shape index (κ3) is 6.34. The Kier molecular flexibility index (Phi) is 7.76. The van der Waals surface area contributed by atoms with Crippen LogP contribution in [0.4, 0.5) is 5.69 Å². The third-order valence-corrected chi connectivity index (χ3v) is 3.84. The van der Waals surface area contributed by atoms with E-state index in [0.717, 1.165) is 12.5 Å². The van der Waals surface area contributed by atoms with Crippen LogP contribution in [0.5, 0.6) is 11.5 Å². The van der Waals surface area contributed by atoms with Gasteiger partial charge in [-0.15, -0.1) is 0 Å². The number of hydrogen-bond donors (Lipinski definition) is 0. The predicted octanol–water partition coefficient (Wildman–Crippen LogP) is 3.73. The summed E-state index contributed by atoms with van der Waals surface area (Å²) in [6.45, 7) is 6.13. The Bertz CT molecular complexity index is 919. The maximum absolute atomic E-state index is 12.2. The lowest BCUT2D eigenvalue weighted by molar-refractivity contribution is -0.385. The standard InChI is InChI=1S/C20H23NO8/c1-4-26-18-6-5-14(9-16(18)21(24)25)20(23)29-11-15-10-17(22)19(12-28-15)27-8-7-13(2)3/h5-6,9-10,12-13H,4,7-8,11H2,1-3H3. The van der Waals surface area contributed by atoms with Gasteiger partial charge in [-0.2, -0.15) is 0 Å². The van der Waals surface area contributed by atoms with Gasteiger partial charge in [0.1, 0.15) is 18.6 Å².